The summed E-state index contributed by atoms with van der Waals surface area (Å²) in [7, 11) is 0. The standard InChI is InChI=1S/C22H19ClF2N4O4/c23-14-10-28-22(32)18(20(14)29-21-15(24)2-1-3-16(21)25)19(26)12-4-6-13(7-5-12)33-11-17(31)27-8-9-30/h1-7,10,26,30H,8-9,11H2,(H,27,31)(H2,28,29,32). The Balaban J connectivity index is 1.86. The molecule has 8 nitrogen and oxygen atoms in total. The fraction of sp³-hybridized carbons (Fsp3) is 0.136. The molecule has 172 valence electrons. The second-order valence-electron chi connectivity index (χ2n) is 6.70. The highest BCUT2D eigenvalue weighted by atomic mass is 35.5. The summed E-state index contributed by atoms with van der Waals surface area (Å²) in [5, 5.41) is 22.1. The minimum absolute atomic E-state index is 0.0501. The van der Waals surface area contributed by atoms with E-state index >= 15 is 0 Å². The Kier molecular flexibility index (Phi) is 7.75. The Morgan fingerprint density at radius 3 is 2.42 bits per heavy atom. The average Bonchev–Trinajstić information content (AvgIpc) is 2.80. The first-order valence-corrected chi connectivity index (χ1v) is 10.0. The third-order valence-corrected chi connectivity index (χ3v) is 4.75. The molecule has 0 fully saturated rings. The second-order valence-corrected chi connectivity index (χ2v) is 7.11. The fourth-order valence-electron chi connectivity index (χ4n) is 2.87. The van der Waals surface area contributed by atoms with E-state index in [1.54, 1.807) is 0 Å². The number of benzene rings is 2. The maximum atomic E-state index is 14.1. The van der Waals surface area contributed by atoms with Crippen LogP contribution in [0.5, 0.6) is 5.75 Å². The number of aliphatic hydroxyl groups excluding tert-OH is 1. The lowest BCUT2D eigenvalue weighted by molar-refractivity contribution is -0.123. The molecule has 0 aliphatic carbocycles. The van der Waals surface area contributed by atoms with Gasteiger partial charge in [0.1, 0.15) is 23.1 Å². The van der Waals surface area contributed by atoms with E-state index in [2.05, 4.69) is 15.6 Å². The minimum Gasteiger partial charge on any atom is -0.484 e. The normalized spacial score (nSPS) is 10.5. The van der Waals surface area contributed by atoms with Crippen molar-refractivity contribution in [3.05, 3.63) is 86.8 Å². The molecular formula is C22H19ClF2N4O4. The molecule has 0 saturated carbocycles. The largest absolute Gasteiger partial charge is 0.484 e. The molecule has 3 rings (SSSR count). The van der Waals surface area contributed by atoms with Crippen molar-refractivity contribution in [1.29, 1.82) is 5.41 Å². The summed E-state index contributed by atoms with van der Waals surface area (Å²) in [4.78, 5) is 26.5. The van der Waals surface area contributed by atoms with Crippen LogP contribution in [-0.2, 0) is 4.79 Å². The number of H-pyrrole nitrogens is 1. The second kappa shape index (κ2) is 10.7. The molecular weight excluding hydrogens is 458 g/mol. The van der Waals surface area contributed by atoms with Gasteiger partial charge in [0.15, 0.2) is 6.61 Å². The van der Waals surface area contributed by atoms with Gasteiger partial charge >= 0.3 is 0 Å². The van der Waals surface area contributed by atoms with E-state index in [0.717, 1.165) is 18.3 Å². The van der Waals surface area contributed by atoms with Crippen LogP contribution in [0.1, 0.15) is 11.1 Å². The number of nitrogens with one attached hydrogen (secondary N) is 4. The molecule has 2 aromatic carbocycles. The van der Waals surface area contributed by atoms with E-state index in [9.17, 15) is 18.4 Å². The van der Waals surface area contributed by atoms with Crippen molar-refractivity contribution >= 4 is 34.6 Å². The molecule has 1 heterocycles. The van der Waals surface area contributed by atoms with Crippen LogP contribution < -0.4 is 20.9 Å². The molecule has 0 radical (unpaired) electrons. The van der Waals surface area contributed by atoms with Crippen LogP contribution >= 0.6 is 11.6 Å². The number of para-hydroxylation sites is 1. The molecule has 0 bridgehead atoms. The first-order chi connectivity index (χ1) is 15.8. The molecule has 33 heavy (non-hydrogen) atoms. The van der Waals surface area contributed by atoms with Crippen molar-refractivity contribution in [3.8, 4) is 5.75 Å². The van der Waals surface area contributed by atoms with Crippen molar-refractivity contribution in [2.24, 2.45) is 0 Å². The highest BCUT2D eigenvalue weighted by molar-refractivity contribution is 6.34. The molecule has 0 aliphatic rings. The van der Waals surface area contributed by atoms with Crippen molar-refractivity contribution in [2.75, 3.05) is 25.1 Å². The number of carbonyl (C=O) groups excluding carboxylic acids is 1. The van der Waals surface area contributed by atoms with Crippen LogP contribution in [0.3, 0.4) is 0 Å². The SMILES string of the molecule is N=C(c1ccc(OCC(=O)NCCO)cc1)c1c(Nc2c(F)cccc2F)c(Cl)c[nH]c1=O. The van der Waals surface area contributed by atoms with Crippen LogP contribution in [0.25, 0.3) is 0 Å². The number of hydrogen-bond donors (Lipinski definition) is 5. The highest BCUT2D eigenvalue weighted by Gasteiger charge is 2.20. The van der Waals surface area contributed by atoms with E-state index in [4.69, 9.17) is 26.9 Å². The number of hydrogen-bond acceptors (Lipinski definition) is 6. The molecule has 11 heteroatoms. The van der Waals surface area contributed by atoms with Gasteiger partial charge in [-0.15, -0.1) is 0 Å². The average molecular weight is 477 g/mol. The van der Waals surface area contributed by atoms with E-state index < -0.39 is 28.8 Å². The van der Waals surface area contributed by atoms with E-state index in [-0.39, 0.29) is 47.3 Å². The monoisotopic (exact) mass is 476 g/mol. The molecule has 0 aliphatic heterocycles. The maximum absolute atomic E-state index is 14.1. The van der Waals surface area contributed by atoms with Gasteiger partial charge in [-0.05, 0) is 36.4 Å². The Morgan fingerprint density at radius 1 is 1.12 bits per heavy atom. The number of carbonyl (C=O) groups is 1. The lowest BCUT2D eigenvalue weighted by Crippen LogP contribution is -2.31. The third kappa shape index (κ3) is 5.73. The van der Waals surface area contributed by atoms with Gasteiger partial charge in [-0.2, -0.15) is 0 Å². The van der Waals surface area contributed by atoms with E-state index in [1.165, 1.54) is 30.3 Å². The van der Waals surface area contributed by atoms with Crippen molar-refractivity contribution < 1.29 is 23.4 Å². The summed E-state index contributed by atoms with van der Waals surface area (Å²) < 4.78 is 33.6. The van der Waals surface area contributed by atoms with Gasteiger partial charge in [0.05, 0.1) is 28.6 Å². The minimum atomic E-state index is -0.895. The first-order valence-electron chi connectivity index (χ1n) is 9.63. The number of anilines is 2. The van der Waals surface area contributed by atoms with Crippen molar-refractivity contribution in [1.82, 2.24) is 10.3 Å². The molecule has 0 unspecified atom stereocenters. The van der Waals surface area contributed by atoms with E-state index in [0.29, 0.717) is 5.75 Å². The molecule has 0 saturated heterocycles. The van der Waals surface area contributed by atoms with Gasteiger partial charge < -0.3 is 25.5 Å². The molecule has 3 aromatic rings. The van der Waals surface area contributed by atoms with Crippen LogP contribution in [0.15, 0.2) is 53.5 Å². The number of ether oxygens (including phenoxy) is 1. The Morgan fingerprint density at radius 2 is 1.79 bits per heavy atom. The van der Waals surface area contributed by atoms with Crippen LogP contribution in [0.2, 0.25) is 5.02 Å². The van der Waals surface area contributed by atoms with Gasteiger partial charge in [-0.25, -0.2) is 8.78 Å². The predicted molar refractivity (Wildman–Crippen MR) is 120 cm³/mol. The number of aromatic nitrogens is 1. The first kappa shape index (κ1) is 23.9. The summed E-state index contributed by atoms with van der Waals surface area (Å²) in [5.74, 6) is -1.87. The zero-order chi connectivity index (χ0) is 24.0. The summed E-state index contributed by atoms with van der Waals surface area (Å²) in [6.45, 7) is -0.349. The van der Waals surface area contributed by atoms with Gasteiger partial charge in [0.2, 0.25) is 0 Å². The van der Waals surface area contributed by atoms with Crippen LogP contribution in [0, 0.1) is 17.0 Å². The third-order valence-electron chi connectivity index (χ3n) is 4.46. The van der Waals surface area contributed by atoms with Crippen molar-refractivity contribution in [3.63, 3.8) is 0 Å². The van der Waals surface area contributed by atoms with E-state index in [1.807, 2.05) is 0 Å². The molecule has 5 N–H and O–H groups in total. The smallest absolute Gasteiger partial charge is 0.259 e. The van der Waals surface area contributed by atoms with Gasteiger partial charge in [-0.1, -0.05) is 17.7 Å². The van der Waals surface area contributed by atoms with Gasteiger partial charge in [0, 0.05) is 18.3 Å². The summed E-state index contributed by atoms with van der Waals surface area (Å²) in [5.41, 5.74) is -1.52. The van der Waals surface area contributed by atoms with Crippen LogP contribution in [0.4, 0.5) is 20.2 Å². The van der Waals surface area contributed by atoms with Crippen LogP contribution in [-0.4, -0.2) is 41.5 Å². The lowest BCUT2D eigenvalue weighted by Gasteiger charge is -2.15. The topological polar surface area (TPSA) is 127 Å². The number of halogens is 3. The maximum Gasteiger partial charge on any atom is 0.259 e. The molecule has 0 atom stereocenters. The number of pyridine rings is 1. The Hall–Kier alpha value is -3.76. The lowest BCUT2D eigenvalue weighted by atomic mass is 10.0. The Bertz CT molecular complexity index is 1210. The van der Waals surface area contributed by atoms with Gasteiger partial charge in [-0.3, -0.25) is 15.0 Å². The van der Waals surface area contributed by atoms with Gasteiger partial charge in [0.25, 0.3) is 11.5 Å². The molecule has 1 aromatic heterocycles. The summed E-state index contributed by atoms with van der Waals surface area (Å²) in [6.07, 6.45) is 1.15. The molecule has 1 amide bonds. The zero-order valence-electron chi connectivity index (χ0n) is 17.0. The summed E-state index contributed by atoms with van der Waals surface area (Å²) in [6, 6.07) is 9.23. The Labute approximate surface area is 191 Å². The summed E-state index contributed by atoms with van der Waals surface area (Å²) >= 11 is 6.17. The highest BCUT2D eigenvalue weighted by Crippen LogP contribution is 2.31. The number of rotatable bonds is 9. The van der Waals surface area contributed by atoms with Crippen molar-refractivity contribution in [2.45, 2.75) is 0 Å². The molecule has 0 spiro atoms. The zero-order valence-corrected chi connectivity index (χ0v) is 17.8. The quantitative estimate of drug-likeness (QED) is 0.303. The number of amides is 1. The number of aliphatic hydroxyl groups is 1. The predicted octanol–water partition coefficient (Wildman–Crippen LogP) is 2.95. The fourth-order valence-corrected chi connectivity index (χ4v) is 3.06. The number of aromatic amines is 1.